The minimum Gasteiger partial charge on any atom is -0.309 e. The second kappa shape index (κ2) is 16.9. The lowest BCUT2D eigenvalue weighted by molar-refractivity contribution is 0.798. The van der Waals surface area contributed by atoms with Crippen molar-refractivity contribution in [2.24, 2.45) is 0 Å². The first-order valence-corrected chi connectivity index (χ1v) is 22.8. The van der Waals surface area contributed by atoms with Crippen molar-refractivity contribution in [3.05, 3.63) is 239 Å². The van der Waals surface area contributed by atoms with E-state index in [2.05, 4.69) is 204 Å². The Balaban J connectivity index is 0.959. The molecule has 0 bridgehead atoms. The number of nitrogens with zero attached hydrogens (tertiary/aromatic N) is 2. The molecule has 2 nitrogen and oxygen atoms in total. The highest BCUT2D eigenvalue weighted by atomic mass is 15.2. The number of hydrogen-bond donors (Lipinski definition) is 0. The predicted octanol–water partition coefficient (Wildman–Crippen LogP) is 15.5. The van der Waals surface area contributed by atoms with Crippen molar-refractivity contribution >= 4 is 55.7 Å². The van der Waals surface area contributed by atoms with E-state index in [0.717, 1.165) is 61.3 Å². The van der Waals surface area contributed by atoms with E-state index in [-0.39, 0.29) is 0 Å². The Morgan fingerprint density at radius 3 is 0.919 bits per heavy atom. The van der Waals surface area contributed by atoms with Crippen LogP contribution >= 0.6 is 0 Å². The van der Waals surface area contributed by atoms with Crippen LogP contribution in [0.5, 0.6) is 0 Å². The maximum Gasteiger partial charge on any atom is 0.0619 e. The summed E-state index contributed by atoms with van der Waals surface area (Å²) < 4.78 is 0. The summed E-state index contributed by atoms with van der Waals surface area (Å²) in [7, 11) is 0. The van der Waals surface area contributed by atoms with Crippen LogP contribution < -0.4 is 9.80 Å². The molecule has 0 aromatic heterocycles. The summed E-state index contributed by atoms with van der Waals surface area (Å²) in [5.41, 5.74) is 18.9. The third kappa shape index (κ3) is 7.45. The zero-order valence-electron chi connectivity index (χ0n) is 35.4. The molecule has 0 saturated carbocycles. The molecule has 0 atom stereocenters. The fraction of sp³-hybridized carbons (Fsp3) is 0.167. The summed E-state index contributed by atoms with van der Waals surface area (Å²) in [6.07, 6.45) is 11.6. The normalized spacial score (nSPS) is 12.6. The number of hydrogen-bond acceptors (Lipinski definition) is 2. The lowest BCUT2D eigenvalue weighted by atomic mass is 9.86. The molecule has 9 aromatic carbocycles. The maximum absolute atomic E-state index is 2.47. The van der Waals surface area contributed by atoms with Crippen LogP contribution in [0.1, 0.15) is 57.3 Å². The standard InChI is InChI=1S/C60H52N2/c1-3-17-51(18-4-1)61(53-37-27-43(28-38-53)13-11-15-45-25-31-47-33-35-49(47)41-45)59-55-21-7-9-23-57(55)60(58-24-10-8-22-56(58)59)62(52-19-5-2-6-20-52)54-39-29-44(30-40-54)14-12-16-46-26-32-48-34-36-50(48)42-46/h1-10,17-32,37-42H,11-16,33-36H2. The van der Waals surface area contributed by atoms with Crippen LogP contribution in [-0.2, 0) is 51.4 Å². The number of aryl methyl sites for hydroxylation is 8. The van der Waals surface area contributed by atoms with E-state index in [1.165, 1.54) is 92.0 Å². The molecule has 9 aromatic rings. The molecule has 0 unspecified atom stereocenters. The second-order valence-corrected chi connectivity index (χ2v) is 17.4. The van der Waals surface area contributed by atoms with Gasteiger partial charge in [0.1, 0.15) is 0 Å². The first-order valence-electron chi connectivity index (χ1n) is 22.8. The Hall–Kier alpha value is -6.90. The Morgan fingerprint density at radius 1 is 0.274 bits per heavy atom. The average molecular weight is 801 g/mol. The third-order valence-corrected chi connectivity index (χ3v) is 13.5. The smallest absolute Gasteiger partial charge is 0.0619 e. The van der Waals surface area contributed by atoms with Crippen molar-refractivity contribution in [3.63, 3.8) is 0 Å². The molecule has 2 aliphatic carbocycles. The van der Waals surface area contributed by atoms with Crippen molar-refractivity contribution in [1.29, 1.82) is 0 Å². The van der Waals surface area contributed by atoms with Crippen molar-refractivity contribution < 1.29 is 0 Å². The maximum atomic E-state index is 2.47. The minimum absolute atomic E-state index is 1.06. The van der Waals surface area contributed by atoms with Gasteiger partial charge in [0.2, 0.25) is 0 Å². The third-order valence-electron chi connectivity index (χ3n) is 13.5. The Kier molecular flexibility index (Phi) is 10.4. The van der Waals surface area contributed by atoms with Gasteiger partial charge in [-0.15, -0.1) is 0 Å². The number of benzene rings is 9. The van der Waals surface area contributed by atoms with Crippen LogP contribution in [0.3, 0.4) is 0 Å². The van der Waals surface area contributed by atoms with Gasteiger partial charge in [0.05, 0.1) is 11.4 Å². The molecule has 0 N–H and O–H groups in total. The van der Waals surface area contributed by atoms with Gasteiger partial charge in [0.15, 0.2) is 0 Å². The fourth-order valence-electron chi connectivity index (χ4n) is 9.96. The van der Waals surface area contributed by atoms with Crippen LogP contribution in [0.4, 0.5) is 34.1 Å². The molecule has 62 heavy (non-hydrogen) atoms. The first-order chi connectivity index (χ1) is 30.7. The Bertz CT molecular complexity index is 2740. The van der Waals surface area contributed by atoms with Crippen molar-refractivity contribution in [2.75, 3.05) is 9.80 Å². The molecule has 2 aliphatic rings. The molecule has 302 valence electrons. The Labute approximate surface area is 366 Å². The van der Waals surface area contributed by atoms with E-state index in [9.17, 15) is 0 Å². The quantitative estimate of drug-likeness (QED) is 0.0798. The monoisotopic (exact) mass is 800 g/mol. The molecule has 2 heteroatoms. The van der Waals surface area contributed by atoms with Crippen molar-refractivity contribution in [2.45, 2.75) is 64.2 Å². The Morgan fingerprint density at radius 2 is 0.581 bits per heavy atom. The van der Waals surface area contributed by atoms with Gasteiger partial charge in [0.25, 0.3) is 0 Å². The summed E-state index contributed by atoms with van der Waals surface area (Å²) in [4.78, 5) is 4.95. The van der Waals surface area contributed by atoms with Crippen LogP contribution in [0.25, 0.3) is 21.5 Å². The van der Waals surface area contributed by atoms with Gasteiger partial charge < -0.3 is 9.80 Å². The highest BCUT2D eigenvalue weighted by molar-refractivity contribution is 6.23. The molecular formula is C60H52N2. The molecular weight excluding hydrogens is 749 g/mol. The summed E-state index contributed by atoms with van der Waals surface area (Å²) in [6, 6.07) is 72.7. The van der Waals surface area contributed by atoms with Gasteiger partial charge in [-0.1, -0.05) is 146 Å². The molecule has 0 amide bonds. The van der Waals surface area contributed by atoms with Crippen molar-refractivity contribution in [3.8, 4) is 0 Å². The zero-order chi connectivity index (χ0) is 41.2. The van der Waals surface area contributed by atoms with Crippen LogP contribution in [-0.4, -0.2) is 0 Å². The van der Waals surface area contributed by atoms with E-state index in [0.29, 0.717) is 0 Å². The van der Waals surface area contributed by atoms with Gasteiger partial charge in [-0.3, -0.25) is 0 Å². The van der Waals surface area contributed by atoms with Gasteiger partial charge in [-0.05, 0) is 157 Å². The van der Waals surface area contributed by atoms with E-state index in [1.807, 2.05) is 0 Å². The van der Waals surface area contributed by atoms with E-state index < -0.39 is 0 Å². The van der Waals surface area contributed by atoms with E-state index in [4.69, 9.17) is 0 Å². The minimum atomic E-state index is 1.06. The highest BCUT2D eigenvalue weighted by Gasteiger charge is 2.25. The highest BCUT2D eigenvalue weighted by Crippen LogP contribution is 2.51. The van der Waals surface area contributed by atoms with Crippen LogP contribution in [0.2, 0.25) is 0 Å². The molecule has 0 fully saturated rings. The van der Waals surface area contributed by atoms with Crippen LogP contribution in [0.15, 0.2) is 194 Å². The van der Waals surface area contributed by atoms with E-state index in [1.54, 1.807) is 11.1 Å². The van der Waals surface area contributed by atoms with Crippen LogP contribution in [0, 0.1) is 0 Å². The summed E-state index contributed by atoms with van der Waals surface area (Å²) in [5, 5.41) is 4.84. The largest absolute Gasteiger partial charge is 0.309 e. The lowest BCUT2D eigenvalue weighted by Gasteiger charge is -2.33. The number of anilines is 6. The molecule has 0 saturated heterocycles. The number of rotatable bonds is 14. The molecule has 11 rings (SSSR count). The summed E-state index contributed by atoms with van der Waals surface area (Å²) in [6.45, 7) is 0. The average Bonchev–Trinajstić information content (AvgIpc) is 3.30. The second-order valence-electron chi connectivity index (χ2n) is 17.4. The van der Waals surface area contributed by atoms with Gasteiger partial charge >= 0.3 is 0 Å². The van der Waals surface area contributed by atoms with Gasteiger partial charge in [-0.2, -0.15) is 0 Å². The SMILES string of the molecule is c1ccc(N(c2ccc(CCCc3ccc4c(c3)CC4)cc2)c2c3ccccc3c(N(c3ccccc3)c3ccc(CCCc4ccc5c(c4)CC5)cc3)c3ccccc23)cc1. The molecule has 0 heterocycles. The number of fused-ring (bicyclic) bond motifs is 4. The lowest BCUT2D eigenvalue weighted by Crippen LogP contribution is -2.14. The van der Waals surface area contributed by atoms with Gasteiger partial charge in [0, 0.05) is 44.3 Å². The summed E-state index contributed by atoms with van der Waals surface area (Å²) >= 11 is 0. The molecule has 0 spiro atoms. The van der Waals surface area contributed by atoms with Gasteiger partial charge in [-0.25, -0.2) is 0 Å². The zero-order valence-corrected chi connectivity index (χ0v) is 35.4. The molecule has 0 radical (unpaired) electrons. The fourth-order valence-corrected chi connectivity index (χ4v) is 9.96. The number of para-hydroxylation sites is 2. The summed E-state index contributed by atoms with van der Waals surface area (Å²) in [5.74, 6) is 0. The first kappa shape index (κ1) is 38.1. The van der Waals surface area contributed by atoms with Crippen molar-refractivity contribution in [1.82, 2.24) is 0 Å². The molecule has 0 aliphatic heterocycles. The van der Waals surface area contributed by atoms with E-state index >= 15 is 0 Å². The topological polar surface area (TPSA) is 6.48 Å². The predicted molar refractivity (Wildman–Crippen MR) is 263 cm³/mol.